The lowest BCUT2D eigenvalue weighted by Crippen LogP contribution is -2.55. The van der Waals surface area contributed by atoms with E-state index < -0.39 is 6.04 Å². The molecule has 1 saturated carbocycles. The van der Waals surface area contributed by atoms with E-state index in [1.54, 1.807) is 4.90 Å². The number of piperidine rings is 1. The van der Waals surface area contributed by atoms with Crippen LogP contribution >= 0.6 is 0 Å². The third-order valence-corrected chi connectivity index (χ3v) is 6.89. The molecular weight excluding hydrogens is 390 g/mol. The number of hydrogen-bond donors (Lipinski definition) is 1. The van der Waals surface area contributed by atoms with Gasteiger partial charge in [0.1, 0.15) is 6.04 Å². The number of carbonyl (C=O) groups excluding carboxylic acids is 3. The van der Waals surface area contributed by atoms with Crippen molar-refractivity contribution < 1.29 is 14.4 Å². The zero-order chi connectivity index (χ0) is 22.3. The van der Waals surface area contributed by atoms with Crippen LogP contribution in [0.15, 0.2) is 30.4 Å². The Morgan fingerprint density at radius 3 is 2.68 bits per heavy atom. The van der Waals surface area contributed by atoms with E-state index in [-0.39, 0.29) is 29.7 Å². The van der Waals surface area contributed by atoms with E-state index in [0.717, 1.165) is 31.2 Å². The second-order valence-electron chi connectivity index (χ2n) is 9.84. The summed E-state index contributed by atoms with van der Waals surface area (Å²) in [6.45, 7) is 8.93. The summed E-state index contributed by atoms with van der Waals surface area (Å²) in [5, 5.41) is 0. The van der Waals surface area contributed by atoms with Gasteiger partial charge in [0.15, 0.2) is 0 Å². The van der Waals surface area contributed by atoms with Gasteiger partial charge < -0.3 is 10.6 Å². The molecule has 2 fully saturated rings. The fourth-order valence-corrected chi connectivity index (χ4v) is 5.20. The van der Waals surface area contributed by atoms with Crippen LogP contribution in [-0.2, 0) is 22.6 Å². The van der Waals surface area contributed by atoms with E-state index >= 15 is 0 Å². The molecule has 0 spiro atoms. The molecule has 2 aliphatic heterocycles. The molecule has 6 heteroatoms. The molecule has 4 rings (SSSR count). The van der Waals surface area contributed by atoms with Gasteiger partial charge in [-0.2, -0.15) is 0 Å². The number of allylic oxidation sites excluding steroid dienone is 1. The molecule has 166 valence electrons. The summed E-state index contributed by atoms with van der Waals surface area (Å²) in [5.41, 5.74) is 10.4. The van der Waals surface area contributed by atoms with Gasteiger partial charge in [-0.3, -0.25) is 19.3 Å². The smallest absolute Gasteiger partial charge is 0.255 e. The highest BCUT2D eigenvalue weighted by molar-refractivity contribution is 6.05. The number of nitrogens with two attached hydrogens (primary N) is 1. The van der Waals surface area contributed by atoms with Gasteiger partial charge in [0.05, 0.1) is 0 Å². The minimum Gasteiger partial charge on any atom is -0.327 e. The Bertz CT molecular complexity index is 923. The Balaban J connectivity index is 1.49. The van der Waals surface area contributed by atoms with Crippen molar-refractivity contribution in [3.63, 3.8) is 0 Å². The molecule has 3 atom stereocenters. The molecule has 3 aliphatic rings. The number of nitrogens with zero attached hydrogens (tertiary/aromatic N) is 2. The van der Waals surface area contributed by atoms with E-state index in [2.05, 4.69) is 12.6 Å². The molecule has 0 bridgehead atoms. The highest BCUT2D eigenvalue weighted by atomic mass is 16.2. The number of amides is 3. The number of hydrogen-bond acceptors (Lipinski definition) is 4. The average Bonchev–Trinajstić information content (AvgIpc) is 3.03. The summed E-state index contributed by atoms with van der Waals surface area (Å²) < 4.78 is 0. The van der Waals surface area contributed by atoms with E-state index in [9.17, 15) is 14.4 Å². The highest BCUT2D eigenvalue weighted by Crippen LogP contribution is 2.33. The summed E-state index contributed by atoms with van der Waals surface area (Å²) in [5.74, 6) is 0.0947. The zero-order valence-electron chi connectivity index (χ0n) is 18.6. The molecule has 2 heterocycles. The lowest BCUT2D eigenvalue weighted by Gasteiger charge is -2.36. The van der Waals surface area contributed by atoms with Crippen LogP contribution in [0.5, 0.6) is 0 Å². The summed E-state index contributed by atoms with van der Waals surface area (Å²) >= 11 is 0. The van der Waals surface area contributed by atoms with Gasteiger partial charge in [-0.1, -0.05) is 38.1 Å². The Morgan fingerprint density at radius 1 is 1.16 bits per heavy atom. The molecule has 0 radical (unpaired) electrons. The fourth-order valence-electron chi connectivity index (χ4n) is 5.20. The van der Waals surface area contributed by atoms with Crippen molar-refractivity contribution >= 4 is 17.7 Å². The van der Waals surface area contributed by atoms with Crippen LogP contribution in [0.25, 0.3) is 0 Å². The highest BCUT2D eigenvalue weighted by Gasteiger charge is 2.42. The number of benzene rings is 1. The first-order valence-corrected chi connectivity index (χ1v) is 11.4. The minimum atomic E-state index is -0.560. The van der Waals surface area contributed by atoms with Crippen molar-refractivity contribution in [3.8, 4) is 0 Å². The van der Waals surface area contributed by atoms with Gasteiger partial charge in [0.25, 0.3) is 11.8 Å². The largest absolute Gasteiger partial charge is 0.327 e. The Hall–Kier alpha value is -2.47. The van der Waals surface area contributed by atoms with Gasteiger partial charge >= 0.3 is 0 Å². The molecule has 1 unspecified atom stereocenters. The van der Waals surface area contributed by atoms with Crippen molar-refractivity contribution in [1.82, 2.24) is 9.80 Å². The summed E-state index contributed by atoms with van der Waals surface area (Å²) in [6, 6.07) is 5.63. The lowest BCUT2D eigenvalue weighted by molar-refractivity contribution is -0.152. The molecular formula is C25H33N3O3. The van der Waals surface area contributed by atoms with Crippen molar-refractivity contribution in [2.24, 2.45) is 17.6 Å². The molecule has 2 N–H and O–H groups in total. The quantitative estimate of drug-likeness (QED) is 0.583. The maximum atomic E-state index is 13.1. The van der Waals surface area contributed by atoms with E-state index in [1.807, 2.05) is 26.0 Å². The van der Waals surface area contributed by atoms with Crippen molar-refractivity contribution in [1.29, 1.82) is 0 Å². The van der Waals surface area contributed by atoms with Crippen LogP contribution in [0.1, 0.15) is 67.4 Å². The van der Waals surface area contributed by atoms with Crippen LogP contribution in [0.4, 0.5) is 0 Å². The minimum absolute atomic E-state index is 0.110. The first-order valence-electron chi connectivity index (χ1n) is 11.4. The molecule has 3 amide bonds. The summed E-state index contributed by atoms with van der Waals surface area (Å²) in [4.78, 5) is 41.4. The summed E-state index contributed by atoms with van der Waals surface area (Å²) in [6.07, 6.45) is 4.53. The third-order valence-electron chi connectivity index (χ3n) is 6.89. The van der Waals surface area contributed by atoms with Gasteiger partial charge in [-0.05, 0) is 61.1 Å². The maximum absolute atomic E-state index is 13.1. The van der Waals surface area contributed by atoms with Crippen molar-refractivity contribution in [2.45, 2.75) is 71.0 Å². The molecule has 6 nitrogen and oxygen atoms in total. The molecule has 0 aromatic heterocycles. The fraction of sp³-hybridized carbons (Fsp3) is 0.560. The van der Waals surface area contributed by atoms with Crippen molar-refractivity contribution in [2.75, 3.05) is 6.54 Å². The topological polar surface area (TPSA) is 83.7 Å². The molecule has 1 saturated heterocycles. The van der Waals surface area contributed by atoms with E-state index in [0.29, 0.717) is 37.4 Å². The Labute approximate surface area is 184 Å². The standard InChI is InChI=1S/C25H33N3O3/c1-15(2)13-28-23(29)9-8-22(25(28)31)27-14-19-12-17(5-6-20(19)24(27)30)11-18-10-16(3)4-7-21(18)26/h5-6,12,15,18,21-22H,3-4,7-11,13-14,26H2,1-2H3/t18-,21+,22?/m1/s1. The first kappa shape index (κ1) is 21.8. The van der Waals surface area contributed by atoms with Crippen LogP contribution in [0.2, 0.25) is 0 Å². The zero-order valence-corrected chi connectivity index (χ0v) is 18.6. The average molecular weight is 424 g/mol. The van der Waals surface area contributed by atoms with E-state index in [4.69, 9.17) is 5.73 Å². The molecule has 1 aliphatic carbocycles. The Morgan fingerprint density at radius 2 is 1.94 bits per heavy atom. The predicted molar refractivity (Wildman–Crippen MR) is 119 cm³/mol. The SMILES string of the molecule is C=C1CC[C@H](N)[C@@H](Cc2ccc3c(c2)CN(C2CCC(=O)N(CC(C)C)C2=O)C3=O)C1. The van der Waals surface area contributed by atoms with Crippen LogP contribution in [0.3, 0.4) is 0 Å². The lowest BCUT2D eigenvalue weighted by atomic mass is 9.79. The first-order chi connectivity index (χ1) is 14.7. The van der Waals surface area contributed by atoms with Gasteiger partial charge in [-0.15, -0.1) is 0 Å². The monoisotopic (exact) mass is 423 g/mol. The second kappa shape index (κ2) is 8.58. The second-order valence-corrected chi connectivity index (χ2v) is 9.84. The number of carbonyl (C=O) groups is 3. The third kappa shape index (κ3) is 4.31. The van der Waals surface area contributed by atoms with E-state index in [1.165, 1.54) is 16.0 Å². The van der Waals surface area contributed by atoms with Gasteiger partial charge in [0.2, 0.25) is 5.91 Å². The Kier molecular flexibility index (Phi) is 6.02. The van der Waals surface area contributed by atoms with Crippen molar-refractivity contribution in [3.05, 3.63) is 47.0 Å². The van der Waals surface area contributed by atoms with Gasteiger partial charge in [0, 0.05) is 31.1 Å². The number of likely N-dealkylation sites (tertiary alicyclic amines) is 1. The normalized spacial score (nSPS) is 26.8. The number of imide groups is 1. The summed E-state index contributed by atoms with van der Waals surface area (Å²) in [7, 11) is 0. The maximum Gasteiger partial charge on any atom is 0.255 e. The molecule has 1 aromatic carbocycles. The number of fused-ring (bicyclic) bond motifs is 1. The molecule has 1 aromatic rings. The van der Waals surface area contributed by atoms with Crippen LogP contribution in [0, 0.1) is 11.8 Å². The van der Waals surface area contributed by atoms with Gasteiger partial charge in [-0.25, -0.2) is 0 Å². The number of rotatable bonds is 5. The van der Waals surface area contributed by atoms with Crippen LogP contribution < -0.4 is 5.73 Å². The molecule has 31 heavy (non-hydrogen) atoms. The predicted octanol–water partition coefficient (Wildman–Crippen LogP) is 3.04. The van der Waals surface area contributed by atoms with Crippen LogP contribution in [-0.4, -0.2) is 46.1 Å².